The molecule has 5 heterocycles. The van der Waals surface area contributed by atoms with Crippen LogP contribution in [0.25, 0.3) is 28.0 Å². The van der Waals surface area contributed by atoms with E-state index in [2.05, 4.69) is 15.0 Å². The predicted molar refractivity (Wildman–Crippen MR) is 144 cm³/mol. The number of nitrogens with two attached hydrogens (primary N) is 1. The van der Waals surface area contributed by atoms with Crippen molar-refractivity contribution in [3.63, 3.8) is 0 Å². The molecule has 2 aliphatic rings. The second-order valence-electron chi connectivity index (χ2n) is 10.1. The summed E-state index contributed by atoms with van der Waals surface area (Å²) < 4.78 is 1.50. The first-order valence-electron chi connectivity index (χ1n) is 12.8. The van der Waals surface area contributed by atoms with Crippen molar-refractivity contribution in [2.75, 3.05) is 23.7 Å². The van der Waals surface area contributed by atoms with Gasteiger partial charge in [-0.25, -0.2) is 4.98 Å². The quantitative estimate of drug-likeness (QED) is 0.391. The third kappa shape index (κ3) is 3.88. The molecule has 2 saturated heterocycles. The lowest BCUT2D eigenvalue weighted by Crippen LogP contribution is -2.58. The van der Waals surface area contributed by atoms with Crippen LogP contribution < -0.4 is 10.6 Å². The van der Waals surface area contributed by atoms with Crippen molar-refractivity contribution >= 4 is 29.0 Å². The van der Waals surface area contributed by atoms with Crippen molar-refractivity contribution in [3.8, 4) is 22.4 Å². The smallest absolute Gasteiger partial charge is 0.251 e. The largest absolute Gasteiger partial charge is 0.384 e. The molecule has 4 aromatic rings. The monoisotopic (exact) mass is 511 g/mol. The minimum Gasteiger partial charge on any atom is -0.384 e. The number of rotatable bonds is 5. The highest BCUT2D eigenvalue weighted by molar-refractivity contribution is 6.04. The number of anilines is 2. The van der Waals surface area contributed by atoms with Crippen LogP contribution in [0.15, 0.2) is 54.9 Å². The zero-order chi connectivity index (χ0) is 26.6. The van der Waals surface area contributed by atoms with Crippen LogP contribution in [-0.4, -0.2) is 72.6 Å². The third-order valence-electron chi connectivity index (χ3n) is 7.55. The molecule has 2 unspecified atom stereocenters. The molecule has 3 N–H and O–H groups in total. The molecular formula is C28H29N7O3. The lowest BCUT2D eigenvalue weighted by atomic mass is 10.1. The van der Waals surface area contributed by atoms with E-state index in [1.165, 1.54) is 18.4 Å². The number of benzene rings is 1. The van der Waals surface area contributed by atoms with Crippen molar-refractivity contribution in [1.82, 2.24) is 24.5 Å². The standard InChI is InChI=1S/C28H29N7O3/c1-16(36)24-25(29)35-26(22(13-31-35)19-8-11-23(30-12-19)18-6-4-3-5-7-18)32-27(24)33-14-20-9-10-21(15-33)34(20)28(38)17(2)37/h3-8,11-13,17,20-21,37H,9-10,14-15,29H2,1-2H3/t17-,20?,21?/m1/s1. The number of nitrogen functional groups attached to an aromatic ring is 1. The first kappa shape index (κ1) is 24.1. The SMILES string of the molecule is CC(=O)c1c(N2CC3CCC(C2)N3C(=O)[C@@H](C)O)nc2c(-c3ccc(-c4ccccc4)nc3)cnn2c1N. The van der Waals surface area contributed by atoms with E-state index in [1.807, 2.05) is 42.5 Å². The molecule has 1 aromatic carbocycles. The summed E-state index contributed by atoms with van der Waals surface area (Å²) in [6.45, 7) is 3.99. The second kappa shape index (κ2) is 9.21. The summed E-state index contributed by atoms with van der Waals surface area (Å²) in [6, 6.07) is 13.8. The molecule has 10 heteroatoms. The van der Waals surface area contributed by atoms with Gasteiger partial charge in [0.1, 0.15) is 23.3 Å². The van der Waals surface area contributed by atoms with Gasteiger partial charge in [-0.05, 0) is 32.8 Å². The Morgan fingerprint density at radius 1 is 1.03 bits per heavy atom. The number of nitrogens with zero attached hydrogens (tertiary/aromatic N) is 6. The molecule has 6 rings (SSSR count). The first-order valence-corrected chi connectivity index (χ1v) is 12.8. The van der Waals surface area contributed by atoms with Gasteiger partial charge in [-0.15, -0.1) is 0 Å². The summed E-state index contributed by atoms with van der Waals surface area (Å²) >= 11 is 0. The Kier molecular flexibility index (Phi) is 5.83. The van der Waals surface area contributed by atoms with Gasteiger partial charge in [0.05, 0.1) is 11.9 Å². The number of piperazine rings is 1. The van der Waals surface area contributed by atoms with Crippen LogP contribution in [-0.2, 0) is 4.79 Å². The van der Waals surface area contributed by atoms with Crippen LogP contribution >= 0.6 is 0 Å². The molecule has 38 heavy (non-hydrogen) atoms. The maximum absolute atomic E-state index is 12.8. The van der Waals surface area contributed by atoms with Crippen molar-refractivity contribution < 1.29 is 14.7 Å². The second-order valence-corrected chi connectivity index (χ2v) is 10.1. The molecular weight excluding hydrogens is 482 g/mol. The van der Waals surface area contributed by atoms with Gasteiger partial charge in [0.2, 0.25) is 0 Å². The van der Waals surface area contributed by atoms with Gasteiger partial charge >= 0.3 is 0 Å². The Bertz CT molecular complexity index is 1520. The van der Waals surface area contributed by atoms with Crippen LogP contribution in [0.2, 0.25) is 0 Å². The van der Waals surface area contributed by atoms with Gasteiger partial charge in [-0.1, -0.05) is 36.4 Å². The fraction of sp³-hybridized carbons (Fsp3) is 0.321. The Morgan fingerprint density at radius 2 is 1.74 bits per heavy atom. The normalized spacial score (nSPS) is 19.7. The fourth-order valence-corrected chi connectivity index (χ4v) is 5.76. The zero-order valence-electron chi connectivity index (χ0n) is 21.3. The van der Waals surface area contributed by atoms with Crippen molar-refractivity contribution in [2.45, 2.75) is 44.9 Å². The van der Waals surface area contributed by atoms with Crippen LogP contribution in [0.1, 0.15) is 37.0 Å². The molecule has 10 nitrogen and oxygen atoms in total. The number of pyridine rings is 1. The average molecular weight is 512 g/mol. The number of aliphatic hydroxyl groups excluding tert-OH is 1. The Balaban J connectivity index is 1.40. The lowest BCUT2D eigenvalue weighted by Gasteiger charge is -2.42. The van der Waals surface area contributed by atoms with Crippen LogP contribution in [0.4, 0.5) is 11.6 Å². The minimum absolute atomic E-state index is 0.0611. The zero-order valence-corrected chi connectivity index (χ0v) is 21.3. The number of aromatic nitrogens is 4. The number of carbonyl (C=O) groups excluding carboxylic acids is 2. The van der Waals surface area contributed by atoms with E-state index in [9.17, 15) is 14.7 Å². The number of amides is 1. The molecule has 0 radical (unpaired) electrons. The minimum atomic E-state index is -1.04. The maximum atomic E-state index is 12.8. The van der Waals surface area contributed by atoms with Crippen molar-refractivity contribution in [1.29, 1.82) is 0 Å². The Morgan fingerprint density at radius 3 is 2.34 bits per heavy atom. The summed E-state index contributed by atoms with van der Waals surface area (Å²) in [6.07, 6.45) is 4.11. The Labute approximate surface area is 219 Å². The van der Waals surface area contributed by atoms with Gasteiger partial charge < -0.3 is 20.6 Å². The summed E-state index contributed by atoms with van der Waals surface area (Å²) in [4.78, 5) is 38.8. The van der Waals surface area contributed by atoms with Crippen LogP contribution in [0, 0.1) is 0 Å². The molecule has 0 aliphatic carbocycles. The van der Waals surface area contributed by atoms with Gasteiger partial charge in [-0.3, -0.25) is 14.6 Å². The molecule has 2 aliphatic heterocycles. The van der Waals surface area contributed by atoms with Crippen LogP contribution in [0.3, 0.4) is 0 Å². The van der Waals surface area contributed by atoms with Gasteiger partial charge in [-0.2, -0.15) is 9.61 Å². The van der Waals surface area contributed by atoms with Gasteiger partial charge in [0.25, 0.3) is 5.91 Å². The van der Waals surface area contributed by atoms with E-state index in [4.69, 9.17) is 10.7 Å². The topological polar surface area (TPSA) is 130 Å². The highest BCUT2D eigenvalue weighted by Crippen LogP contribution is 2.37. The highest BCUT2D eigenvalue weighted by Gasteiger charge is 2.44. The molecule has 3 aromatic heterocycles. The molecule has 1 amide bonds. The van der Waals surface area contributed by atoms with Gasteiger partial charge in [0.15, 0.2) is 11.4 Å². The molecule has 0 spiro atoms. The van der Waals surface area contributed by atoms with E-state index in [0.29, 0.717) is 30.1 Å². The van der Waals surface area contributed by atoms with E-state index < -0.39 is 6.10 Å². The summed E-state index contributed by atoms with van der Waals surface area (Å²) in [5.41, 5.74) is 10.8. The van der Waals surface area contributed by atoms with Crippen molar-refractivity contribution in [3.05, 3.63) is 60.4 Å². The number of hydrogen-bond acceptors (Lipinski definition) is 8. The molecule has 3 atom stereocenters. The highest BCUT2D eigenvalue weighted by atomic mass is 16.3. The van der Waals surface area contributed by atoms with Crippen molar-refractivity contribution in [2.24, 2.45) is 0 Å². The van der Waals surface area contributed by atoms with E-state index >= 15 is 0 Å². The number of ketones is 1. The number of fused-ring (bicyclic) bond motifs is 3. The third-order valence-corrected chi connectivity index (χ3v) is 7.55. The average Bonchev–Trinajstić information content (AvgIpc) is 3.46. The summed E-state index contributed by atoms with van der Waals surface area (Å²) in [5, 5.41) is 14.3. The van der Waals surface area contributed by atoms with Gasteiger partial charge in [0, 0.05) is 48.1 Å². The molecule has 194 valence electrons. The number of aliphatic hydroxyl groups is 1. The maximum Gasteiger partial charge on any atom is 0.251 e. The van der Waals surface area contributed by atoms with Crippen LogP contribution in [0.5, 0.6) is 0 Å². The fourth-order valence-electron chi connectivity index (χ4n) is 5.76. The first-order chi connectivity index (χ1) is 18.3. The summed E-state index contributed by atoms with van der Waals surface area (Å²) in [7, 11) is 0. The van der Waals surface area contributed by atoms with E-state index in [1.54, 1.807) is 17.3 Å². The number of Topliss-reactive ketones (excluding diaryl/α,β-unsaturated/α-hetero) is 1. The van der Waals surface area contributed by atoms with E-state index in [-0.39, 0.29) is 29.6 Å². The number of carbonyl (C=O) groups is 2. The lowest BCUT2D eigenvalue weighted by molar-refractivity contribution is -0.142. The van der Waals surface area contributed by atoms with E-state index in [0.717, 1.165) is 35.2 Å². The molecule has 0 saturated carbocycles. The number of hydrogen-bond donors (Lipinski definition) is 2. The summed E-state index contributed by atoms with van der Waals surface area (Å²) in [5.74, 6) is 0.274. The molecule has 2 bridgehead atoms. The Hall–Kier alpha value is -4.31. The predicted octanol–water partition coefficient (Wildman–Crippen LogP) is 2.80. The molecule has 2 fully saturated rings.